The number of rotatable bonds is 4. The molecule has 0 bridgehead atoms. The number of hydrogen-bond donors (Lipinski definition) is 2. The van der Waals surface area contributed by atoms with Crippen LogP contribution in [-0.2, 0) is 18.3 Å². The second-order valence-corrected chi connectivity index (χ2v) is 6.01. The number of carbonyl (C=O) groups is 2. The van der Waals surface area contributed by atoms with Crippen LogP contribution in [-0.4, -0.2) is 47.1 Å². The second-order valence-electron chi connectivity index (χ2n) is 6.01. The SMILES string of the molecule is CNC(C(=O)Nc1ccc2c(c1)C(=O)N(C)CC2)c1cnn(C)c1. The molecule has 2 heterocycles. The Hall–Kier alpha value is -2.67. The maximum atomic E-state index is 12.6. The smallest absolute Gasteiger partial charge is 0.253 e. The van der Waals surface area contributed by atoms with Crippen molar-refractivity contribution in [2.24, 2.45) is 7.05 Å². The van der Waals surface area contributed by atoms with E-state index < -0.39 is 6.04 Å². The zero-order chi connectivity index (χ0) is 17.3. The topological polar surface area (TPSA) is 79.3 Å². The molecule has 0 saturated heterocycles. The average Bonchev–Trinajstić information content (AvgIpc) is 2.98. The number of carbonyl (C=O) groups excluding carboxylic acids is 2. The Balaban J connectivity index is 1.80. The fourth-order valence-electron chi connectivity index (χ4n) is 2.92. The van der Waals surface area contributed by atoms with Crippen LogP contribution in [0.5, 0.6) is 0 Å². The Kier molecular flexibility index (Phi) is 4.35. The number of likely N-dealkylation sites (N-methyl/N-ethyl adjacent to an activating group) is 2. The highest BCUT2D eigenvalue weighted by Gasteiger charge is 2.23. The van der Waals surface area contributed by atoms with Gasteiger partial charge in [-0.2, -0.15) is 5.10 Å². The molecule has 1 aliphatic heterocycles. The highest BCUT2D eigenvalue weighted by molar-refractivity contribution is 6.00. The van der Waals surface area contributed by atoms with Crippen LogP contribution in [0.25, 0.3) is 0 Å². The van der Waals surface area contributed by atoms with Gasteiger partial charge in [0.05, 0.1) is 6.20 Å². The van der Waals surface area contributed by atoms with E-state index in [2.05, 4.69) is 15.7 Å². The minimum Gasteiger partial charge on any atom is -0.341 e. The third-order valence-corrected chi connectivity index (χ3v) is 4.28. The van der Waals surface area contributed by atoms with Gasteiger partial charge in [-0.15, -0.1) is 0 Å². The van der Waals surface area contributed by atoms with Crippen molar-refractivity contribution in [2.75, 3.05) is 26.0 Å². The summed E-state index contributed by atoms with van der Waals surface area (Å²) < 4.78 is 1.65. The molecule has 0 fully saturated rings. The monoisotopic (exact) mass is 327 g/mol. The molecule has 1 aromatic heterocycles. The van der Waals surface area contributed by atoms with Crippen LogP contribution < -0.4 is 10.6 Å². The summed E-state index contributed by atoms with van der Waals surface area (Å²) in [5.74, 6) is -0.202. The van der Waals surface area contributed by atoms with E-state index in [1.807, 2.05) is 12.1 Å². The molecule has 0 radical (unpaired) electrons. The molecule has 7 nitrogen and oxygen atoms in total. The molecule has 1 atom stereocenters. The molecule has 0 saturated carbocycles. The van der Waals surface area contributed by atoms with E-state index in [4.69, 9.17) is 0 Å². The molecule has 2 N–H and O–H groups in total. The normalized spacial score (nSPS) is 15.1. The highest BCUT2D eigenvalue weighted by atomic mass is 16.2. The third kappa shape index (κ3) is 3.03. The van der Waals surface area contributed by atoms with Crippen LogP contribution in [0.4, 0.5) is 5.69 Å². The Labute approximate surface area is 140 Å². The number of nitrogens with one attached hydrogen (secondary N) is 2. The van der Waals surface area contributed by atoms with Crippen molar-refractivity contribution in [1.29, 1.82) is 0 Å². The molecular formula is C17H21N5O2. The van der Waals surface area contributed by atoms with Gasteiger partial charge in [-0.25, -0.2) is 0 Å². The predicted molar refractivity (Wildman–Crippen MR) is 90.7 cm³/mol. The van der Waals surface area contributed by atoms with Crippen LogP contribution >= 0.6 is 0 Å². The highest BCUT2D eigenvalue weighted by Crippen LogP contribution is 2.23. The first-order valence-corrected chi connectivity index (χ1v) is 7.84. The Morgan fingerprint density at radius 2 is 2.12 bits per heavy atom. The number of aromatic nitrogens is 2. The molecule has 1 aromatic carbocycles. The van der Waals surface area contributed by atoms with Crippen molar-refractivity contribution in [1.82, 2.24) is 20.0 Å². The first-order chi connectivity index (χ1) is 11.5. The van der Waals surface area contributed by atoms with Gasteiger partial charge in [-0.1, -0.05) is 6.07 Å². The van der Waals surface area contributed by atoms with Gasteiger partial charge in [0, 0.05) is 43.7 Å². The first-order valence-electron chi connectivity index (χ1n) is 7.84. The lowest BCUT2D eigenvalue weighted by Gasteiger charge is -2.25. The van der Waals surface area contributed by atoms with E-state index in [9.17, 15) is 9.59 Å². The third-order valence-electron chi connectivity index (χ3n) is 4.28. The Morgan fingerprint density at radius 1 is 1.33 bits per heavy atom. The number of anilines is 1. The van der Waals surface area contributed by atoms with E-state index in [0.717, 1.165) is 24.1 Å². The van der Waals surface area contributed by atoms with Crippen molar-refractivity contribution in [3.63, 3.8) is 0 Å². The lowest BCUT2D eigenvalue weighted by atomic mass is 9.98. The predicted octanol–water partition coefficient (Wildman–Crippen LogP) is 0.947. The molecule has 2 amide bonds. The Morgan fingerprint density at radius 3 is 2.79 bits per heavy atom. The van der Waals surface area contributed by atoms with Gasteiger partial charge in [0.2, 0.25) is 5.91 Å². The summed E-state index contributed by atoms with van der Waals surface area (Å²) in [7, 11) is 5.32. The van der Waals surface area contributed by atoms with Gasteiger partial charge in [-0.05, 0) is 31.2 Å². The van der Waals surface area contributed by atoms with E-state index in [1.54, 1.807) is 49.2 Å². The minimum absolute atomic E-state index is 0.00947. The first kappa shape index (κ1) is 16.2. The lowest BCUT2D eigenvalue weighted by Crippen LogP contribution is -2.34. The van der Waals surface area contributed by atoms with Crippen molar-refractivity contribution in [3.8, 4) is 0 Å². The molecule has 0 spiro atoms. The maximum Gasteiger partial charge on any atom is 0.253 e. The lowest BCUT2D eigenvalue weighted by molar-refractivity contribution is -0.118. The zero-order valence-corrected chi connectivity index (χ0v) is 14.0. The molecule has 3 rings (SSSR count). The van der Waals surface area contributed by atoms with E-state index >= 15 is 0 Å². The van der Waals surface area contributed by atoms with Crippen LogP contribution in [0.1, 0.15) is 27.5 Å². The summed E-state index contributed by atoms with van der Waals surface area (Å²) in [6.07, 6.45) is 4.29. The molecule has 126 valence electrons. The summed E-state index contributed by atoms with van der Waals surface area (Å²) in [5.41, 5.74) is 3.08. The van der Waals surface area contributed by atoms with Gasteiger partial charge in [0.1, 0.15) is 6.04 Å². The molecular weight excluding hydrogens is 306 g/mol. The van der Waals surface area contributed by atoms with Crippen molar-refractivity contribution in [3.05, 3.63) is 47.3 Å². The number of fused-ring (bicyclic) bond motifs is 1. The van der Waals surface area contributed by atoms with Crippen molar-refractivity contribution >= 4 is 17.5 Å². The van der Waals surface area contributed by atoms with Crippen molar-refractivity contribution < 1.29 is 9.59 Å². The van der Waals surface area contributed by atoms with Gasteiger partial charge in [0.25, 0.3) is 5.91 Å². The van der Waals surface area contributed by atoms with E-state index in [0.29, 0.717) is 11.3 Å². The van der Waals surface area contributed by atoms with Gasteiger partial charge >= 0.3 is 0 Å². The largest absolute Gasteiger partial charge is 0.341 e. The minimum atomic E-state index is -0.506. The van der Waals surface area contributed by atoms with Gasteiger partial charge < -0.3 is 15.5 Å². The second kappa shape index (κ2) is 6.45. The molecule has 7 heteroatoms. The van der Waals surface area contributed by atoms with Crippen molar-refractivity contribution in [2.45, 2.75) is 12.5 Å². The summed E-state index contributed by atoms with van der Waals surface area (Å²) >= 11 is 0. The van der Waals surface area contributed by atoms with E-state index in [-0.39, 0.29) is 11.8 Å². The molecule has 1 aliphatic rings. The fourth-order valence-corrected chi connectivity index (χ4v) is 2.92. The van der Waals surface area contributed by atoms with Crippen LogP contribution in [0, 0.1) is 0 Å². The summed E-state index contributed by atoms with van der Waals surface area (Å²) in [6.45, 7) is 0.723. The maximum absolute atomic E-state index is 12.6. The number of hydrogen-bond acceptors (Lipinski definition) is 4. The summed E-state index contributed by atoms with van der Waals surface area (Å²) in [5, 5.41) is 9.96. The average molecular weight is 327 g/mol. The summed E-state index contributed by atoms with van der Waals surface area (Å²) in [6, 6.07) is 4.99. The van der Waals surface area contributed by atoms with Crippen LogP contribution in [0.15, 0.2) is 30.6 Å². The molecule has 24 heavy (non-hydrogen) atoms. The number of nitrogens with zero attached hydrogens (tertiary/aromatic N) is 3. The summed E-state index contributed by atoms with van der Waals surface area (Å²) in [4.78, 5) is 26.5. The fraction of sp³-hybridized carbons (Fsp3) is 0.353. The van der Waals surface area contributed by atoms with Crippen LogP contribution in [0.2, 0.25) is 0 Å². The number of benzene rings is 1. The Bertz CT molecular complexity index is 783. The number of amides is 2. The van der Waals surface area contributed by atoms with Crippen LogP contribution in [0.3, 0.4) is 0 Å². The quantitative estimate of drug-likeness (QED) is 0.876. The number of aryl methyl sites for hydroxylation is 1. The van der Waals surface area contributed by atoms with Gasteiger partial charge in [0.15, 0.2) is 0 Å². The molecule has 1 unspecified atom stereocenters. The van der Waals surface area contributed by atoms with E-state index in [1.165, 1.54) is 0 Å². The standard InChI is InChI=1S/C17H21N5O2/c1-18-15(12-9-19-22(3)10-12)16(23)20-13-5-4-11-6-7-21(2)17(24)14(11)8-13/h4-5,8-10,15,18H,6-7H2,1-3H3,(H,20,23). The zero-order valence-electron chi connectivity index (χ0n) is 14.0. The molecule has 2 aromatic rings. The van der Waals surface area contributed by atoms with Gasteiger partial charge in [-0.3, -0.25) is 14.3 Å². The molecule has 0 aliphatic carbocycles.